The summed E-state index contributed by atoms with van der Waals surface area (Å²) in [6.45, 7) is 2.43. The Morgan fingerprint density at radius 1 is 1.07 bits per heavy atom. The molecule has 0 saturated heterocycles. The maximum absolute atomic E-state index is 12.3. The van der Waals surface area contributed by atoms with E-state index >= 15 is 0 Å². The highest BCUT2D eigenvalue weighted by atomic mass is 35.5. The monoisotopic (exact) mass is 401 g/mol. The highest BCUT2D eigenvalue weighted by Gasteiger charge is 2.13. The Bertz CT molecular complexity index is 967. The lowest BCUT2D eigenvalue weighted by Gasteiger charge is -2.06. The third-order valence-electron chi connectivity index (χ3n) is 4.11. The molecule has 3 aromatic rings. The van der Waals surface area contributed by atoms with Crippen LogP contribution in [-0.4, -0.2) is 10.1 Å². The average molecular weight is 402 g/mol. The number of benzene rings is 2. The minimum atomic E-state index is -1.15. The van der Waals surface area contributed by atoms with Gasteiger partial charge in [-0.25, -0.2) is 0 Å². The van der Waals surface area contributed by atoms with Gasteiger partial charge in [0.15, 0.2) is 5.76 Å². The molecule has 0 spiro atoms. The minimum absolute atomic E-state index is 0.221. The number of furan rings is 1. The number of rotatable bonds is 7. The van der Waals surface area contributed by atoms with E-state index in [2.05, 4.69) is 5.32 Å². The van der Waals surface area contributed by atoms with Crippen LogP contribution >= 0.6 is 11.6 Å². The van der Waals surface area contributed by atoms with Crippen molar-refractivity contribution in [2.45, 2.75) is 25.0 Å². The summed E-state index contributed by atoms with van der Waals surface area (Å²) >= 11 is 5.95. The Balaban J connectivity index is 1.55. The molecule has 1 aromatic heterocycles. The van der Waals surface area contributed by atoms with Crippen LogP contribution in [0.4, 0.5) is 0 Å². The molecular weight excluding hydrogens is 382 g/mol. The Hall–Kier alpha value is -2.37. The van der Waals surface area contributed by atoms with E-state index in [1.807, 2.05) is 43.3 Å². The average Bonchev–Trinajstić information content (AvgIpc) is 3.09. The first-order valence-electron chi connectivity index (χ1n) is 8.52. The molecule has 0 fully saturated rings. The van der Waals surface area contributed by atoms with Crippen molar-refractivity contribution in [3.8, 4) is 0 Å². The summed E-state index contributed by atoms with van der Waals surface area (Å²) in [6, 6.07) is 18.5. The smallest absolute Gasteiger partial charge is 0.287 e. The van der Waals surface area contributed by atoms with Crippen LogP contribution in [0.2, 0.25) is 5.02 Å². The fourth-order valence-corrected chi connectivity index (χ4v) is 4.01. The number of aryl methyl sites for hydroxylation is 1. The van der Waals surface area contributed by atoms with Gasteiger partial charge < -0.3 is 9.73 Å². The van der Waals surface area contributed by atoms with Crippen molar-refractivity contribution >= 4 is 28.3 Å². The van der Waals surface area contributed by atoms with E-state index in [9.17, 15) is 9.00 Å². The first-order chi connectivity index (χ1) is 13.0. The van der Waals surface area contributed by atoms with Gasteiger partial charge in [-0.05, 0) is 47.9 Å². The van der Waals surface area contributed by atoms with Gasteiger partial charge in [0, 0.05) is 28.1 Å². The minimum Gasteiger partial charge on any atom is -0.455 e. The van der Waals surface area contributed by atoms with Crippen LogP contribution in [0.3, 0.4) is 0 Å². The summed E-state index contributed by atoms with van der Waals surface area (Å²) in [5, 5.41) is 3.47. The lowest BCUT2D eigenvalue weighted by molar-refractivity contribution is 0.0921. The first kappa shape index (κ1) is 19.4. The zero-order valence-corrected chi connectivity index (χ0v) is 16.5. The van der Waals surface area contributed by atoms with Crippen molar-refractivity contribution in [3.63, 3.8) is 0 Å². The number of hydrogen-bond donors (Lipinski definition) is 1. The number of hydrogen-bond acceptors (Lipinski definition) is 3. The highest BCUT2D eigenvalue weighted by Crippen LogP contribution is 2.16. The van der Waals surface area contributed by atoms with Crippen LogP contribution in [0.15, 0.2) is 65.1 Å². The van der Waals surface area contributed by atoms with Crippen LogP contribution in [0.25, 0.3) is 0 Å². The van der Waals surface area contributed by atoms with Gasteiger partial charge in [-0.1, -0.05) is 48.0 Å². The summed E-state index contributed by atoms with van der Waals surface area (Å²) in [5.41, 5.74) is 3.08. The number of carbonyl (C=O) groups is 1. The number of nitrogens with one attached hydrogen (secondary N) is 1. The van der Waals surface area contributed by atoms with Gasteiger partial charge in [0.05, 0.1) is 5.75 Å². The molecule has 3 rings (SSSR count). The molecule has 0 bridgehead atoms. The van der Waals surface area contributed by atoms with E-state index in [0.29, 0.717) is 23.1 Å². The maximum atomic E-state index is 12.3. The van der Waals surface area contributed by atoms with Crippen LogP contribution in [0.5, 0.6) is 0 Å². The van der Waals surface area contributed by atoms with Gasteiger partial charge in [0.2, 0.25) is 0 Å². The zero-order valence-electron chi connectivity index (χ0n) is 14.9. The molecule has 0 aliphatic heterocycles. The summed E-state index contributed by atoms with van der Waals surface area (Å²) in [6.07, 6.45) is 0. The summed E-state index contributed by atoms with van der Waals surface area (Å²) in [5.74, 6) is 1.09. The molecule has 1 atom stereocenters. The molecule has 0 aliphatic rings. The molecule has 2 aromatic carbocycles. The zero-order chi connectivity index (χ0) is 19.2. The van der Waals surface area contributed by atoms with Crippen molar-refractivity contribution in [1.82, 2.24) is 5.32 Å². The quantitative estimate of drug-likeness (QED) is 0.628. The summed E-state index contributed by atoms with van der Waals surface area (Å²) in [7, 11) is -1.15. The van der Waals surface area contributed by atoms with Crippen LogP contribution in [0.1, 0.15) is 33.0 Å². The standard InChI is InChI=1S/C21H20ClNO3S/c1-15-5-2-3-7-17(15)12-23-21(24)20-10-9-19(26-20)14-27(25)13-16-6-4-8-18(22)11-16/h2-11H,12-14H2,1H3,(H,23,24)/t27-/m1/s1. The molecule has 6 heteroatoms. The Kier molecular flexibility index (Phi) is 6.48. The molecule has 0 aliphatic carbocycles. The van der Waals surface area contributed by atoms with E-state index in [1.165, 1.54) is 0 Å². The second-order valence-corrected chi connectivity index (χ2v) is 8.13. The van der Waals surface area contributed by atoms with Crippen LogP contribution in [0, 0.1) is 6.92 Å². The molecule has 1 heterocycles. The largest absolute Gasteiger partial charge is 0.455 e. The van der Waals surface area contributed by atoms with E-state index in [0.717, 1.165) is 16.7 Å². The summed E-state index contributed by atoms with van der Waals surface area (Å²) in [4.78, 5) is 12.3. The first-order valence-corrected chi connectivity index (χ1v) is 10.4. The van der Waals surface area contributed by atoms with Crippen molar-refractivity contribution in [2.75, 3.05) is 0 Å². The van der Waals surface area contributed by atoms with Crippen molar-refractivity contribution in [2.24, 2.45) is 0 Å². The van der Waals surface area contributed by atoms with Gasteiger partial charge in [-0.15, -0.1) is 0 Å². The molecule has 0 radical (unpaired) electrons. The number of amides is 1. The van der Waals surface area contributed by atoms with Crippen molar-refractivity contribution in [1.29, 1.82) is 0 Å². The van der Waals surface area contributed by atoms with Gasteiger partial charge in [0.25, 0.3) is 5.91 Å². The van der Waals surface area contributed by atoms with Crippen molar-refractivity contribution < 1.29 is 13.4 Å². The van der Waals surface area contributed by atoms with Gasteiger partial charge in [-0.3, -0.25) is 9.00 Å². The van der Waals surface area contributed by atoms with E-state index in [1.54, 1.807) is 24.3 Å². The predicted molar refractivity (Wildman–Crippen MR) is 108 cm³/mol. The lowest BCUT2D eigenvalue weighted by Crippen LogP contribution is -2.22. The fourth-order valence-electron chi connectivity index (χ4n) is 2.67. The third kappa shape index (κ3) is 5.55. The summed E-state index contributed by atoms with van der Waals surface area (Å²) < 4.78 is 17.9. The second kappa shape index (κ2) is 9.02. The maximum Gasteiger partial charge on any atom is 0.287 e. The van der Waals surface area contributed by atoms with Crippen LogP contribution < -0.4 is 5.32 Å². The van der Waals surface area contributed by atoms with Gasteiger partial charge >= 0.3 is 0 Å². The Labute approximate surface area is 166 Å². The predicted octanol–water partition coefficient (Wildman–Crippen LogP) is 4.62. The molecule has 1 amide bonds. The van der Waals surface area contributed by atoms with Gasteiger partial charge in [-0.2, -0.15) is 0 Å². The lowest BCUT2D eigenvalue weighted by atomic mass is 10.1. The molecule has 4 nitrogen and oxygen atoms in total. The number of carbonyl (C=O) groups excluding carboxylic acids is 1. The van der Waals surface area contributed by atoms with Crippen molar-refractivity contribution in [3.05, 3.63) is 93.9 Å². The second-order valence-electron chi connectivity index (χ2n) is 6.23. The molecule has 1 N–H and O–H groups in total. The normalized spacial score (nSPS) is 11.9. The van der Waals surface area contributed by atoms with E-state index in [4.69, 9.17) is 16.0 Å². The Morgan fingerprint density at radius 2 is 1.89 bits per heavy atom. The number of halogens is 1. The topological polar surface area (TPSA) is 59.3 Å². The van der Waals surface area contributed by atoms with Crippen LogP contribution in [-0.2, 0) is 28.9 Å². The fraction of sp³-hybridized carbons (Fsp3) is 0.190. The molecular formula is C21H20ClNO3S. The molecule has 140 valence electrons. The van der Waals surface area contributed by atoms with E-state index in [-0.39, 0.29) is 17.4 Å². The van der Waals surface area contributed by atoms with Gasteiger partial charge in [0.1, 0.15) is 5.76 Å². The highest BCUT2D eigenvalue weighted by molar-refractivity contribution is 7.83. The molecule has 27 heavy (non-hydrogen) atoms. The molecule has 0 saturated carbocycles. The molecule has 0 unspecified atom stereocenters. The van der Waals surface area contributed by atoms with E-state index < -0.39 is 10.8 Å². The SMILES string of the molecule is Cc1ccccc1CNC(=O)c1ccc(C[S@](=O)Cc2cccc(Cl)c2)o1. The Morgan fingerprint density at radius 3 is 2.67 bits per heavy atom. The third-order valence-corrected chi connectivity index (χ3v) is 5.60.